The van der Waals surface area contributed by atoms with E-state index in [2.05, 4.69) is 23.3 Å². The summed E-state index contributed by atoms with van der Waals surface area (Å²) in [6, 6.07) is 10.3. The van der Waals surface area contributed by atoms with Crippen LogP contribution in [0.25, 0.3) is 11.3 Å². The van der Waals surface area contributed by atoms with Crippen molar-refractivity contribution in [2.45, 2.75) is 38.6 Å². The molecule has 2 aliphatic rings. The van der Waals surface area contributed by atoms with Gasteiger partial charge in [-0.3, -0.25) is 9.59 Å². The molecule has 1 aliphatic heterocycles. The van der Waals surface area contributed by atoms with Crippen molar-refractivity contribution < 1.29 is 9.59 Å². The first-order valence-corrected chi connectivity index (χ1v) is 11.6. The fourth-order valence-electron chi connectivity index (χ4n) is 3.85. The summed E-state index contributed by atoms with van der Waals surface area (Å²) in [5.41, 5.74) is 4.11. The van der Waals surface area contributed by atoms with Gasteiger partial charge in [-0.15, -0.1) is 22.7 Å². The summed E-state index contributed by atoms with van der Waals surface area (Å²) >= 11 is 3.01. The number of aromatic nitrogens is 1. The molecule has 0 radical (unpaired) electrons. The van der Waals surface area contributed by atoms with Gasteiger partial charge in [-0.2, -0.15) is 0 Å². The Bertz CT molecular complexity index is 1070. The Morgan fingerprint density at radius 2 is 2.10 bits per heavy atom. The first-order chi connectivity index (χ1) is 14.1. The van der Waals surface area contributed by atoms with Crippen LogP contribution in [0.4, 0.5) is 10.8 Å². The third-order valence-electron chi connectivity index (χ3n) is 5.42. The van der Waals surface area contributed by atoms with Crippen LogP contribution in [-0.4, -0.2) is 22.8 Å². The number of hydrogen-bond acceptors (Lipinski definition) is 5. The van der Waals surface area contributed by atoms with E-state index < -0.39 is 0 Å². The van der Waals surface area contributed by atoms with Crippen molar-refractivity contribution in [1.82, 2.24) is 4.98 Å². The maximum Gasteiger partial charge on any atom is 0.231 e. The van der Waals surface area contributed by atoms with E-state index in [1.165, 1.54) is 16.9 Å². The zero-order valence-electron chi connectivity index (χ0n) is 16.1. The van der Waals surface area contributed by atoms with Crippen molar-refractivity contribution in [1.29, 1.82) is 0 Å². The monoisotopic (exact) mass is 423 g/mol. The highest BCUT2D eigenvalue weighted by molar-refractivity contribution is 7.14. The fourth-order valence-corrected chi connectivity index (χ4v) is 5.29. The number of hydrogen-bond donors (Lipinski definition) is 1. The van der Waals surface area contributed by atoms with Gasteiger partial charge in [-0.1, -0.05) is 12.1 Å². The normalized spacial score (nSPS) is 18.0. The van der Waals surface area contributed by atoms with Crippen molar-refractivity contribution in [3.63, 3.8) is 0 Å². The summed E-state index contributed by atoms with van der Waals surface area (Å²) in [5, 5.41) is 7.44. The van der Waals surface area contributed by atoms with Crippen LogP contribution in [0.1, 0.15) is 30.2 Å². The third-order valence-corrected chi connectivity index (χ3v) is 7.05. The van der Waals surface area contributed by atoms with Crippen molar-refractivity contribution in [3.05, 3.63) is 51.5 Å². The average Bonchev–Trinajstić information content (AvgIpc) is 3.07. The van der Waals surface area contributed by atoms with Gasteiger partial charge in [-0.05, 0) is 55.3 Å². The SMILES string of the molecule is CC1Cc2cc(-c3csc(NC(=O)Cc4cccs4)n3)ccc2N1C(=O)C1CC1. The van der Waals surface area contributed by atoms with Gasteiger partial charge in [0.2, 0.25) is 11.8 Å². The minimum Gasteiger partial charge on any atom is -0.309 e. The molecule has 1 N–H and O–H groups in total. The number of carbonyl (C=O) groups excluding carboxylic acids is 2. The summed E-state index contributed by atoms with van der Waals surface area (Å²) in [5.74, 6) is 0.445. The highest BCUT2D eigenvalue weighted by Crippen LogP contribution is 2.40. The molecule has 1 aliphatic carbocycles. The number of nitrogens with zero attached hydrogens (tertiary/aromatic N) is 2. The third kappa shape index (κ3) is 3.72. The number of carbonyl (C=O) groups is 2. The molecule has 1 aromatic carbocycles. The Kier molecular flexibility index (Phi) is 4.72. The lowest BCUT2D eigenvalue weighted by Crippen LogP contribution is -2.36. The van der Waals surface area contributed by atoms with E-state index in [-0.39, 0.29) is 23.8 Å². The maximum absolute atomic E-state index is 12.6. The van der Waals surface area contributed by atoms with Gasteiger partial charge in [0.25, 0.3) is 0 Å². The summed E-state index contributed by atoms with van der Waals surface area (Å²) < 4.78 is 0. The number of rotatable bonds is 5. The molecule has 1 fully saturated rings. The lowest BCUT2D eigenvalue weighted by Gasteiger charge is -2.22. The Morgan fingerprint density at radius 1 is 1.24 bits per heavy atom. The van der Waals surface area contributed by atoms with Crippen LogP contribution in [0.3, 0.4) is 0 Å². The van der Waals surface area contributed by atoms with E-state index >= 15 is 0 Å². The van der Waals surface area contributed by atoms with Crippen molar-refractivity contribution in [3.8, 4) is 11.3 Å². The lowest BCUT2D eigenvalue weighted by molar-refractivity contribution is -0.120. The highest BCUT2D eigenvalue weighted by Gasteiger charge is 2.39. The van der Waals surface area contributed by atoms with Crippen LogP contribution >= 0.6 is 22.7 Å². The zero-order valence-corrected chi connectivity index (χ0v) is 17.7. The number of thiazole rings is 1. The first-order valence-electron chi connectivity index (χ1n) is 9.82. The molecule has 1 atom stereocenters. The smallest absolute Gasteiger partial charge is 0.231 e. The standard InChI is InChI=1S/C22H21N3O2S2/c1-13-9-16-10-15(6-7-19(16)25(13)21(27)14-4-5-14)18-12-29-22(23-18)24-20(26)11-17-3-2-8-28-17/h2-3,6-8,10,12-14H,4-5,9,11H2,1H3,(H,23,24,26). The van der Waals surface area contributed by atoms with E-state index in [0.29, 0.717) is 11.6 Å². The summed E-state index contributed by atoms with van der Waals surface area (Å²) in [6.07, 6.45) is 3.29. The van der Waals surface area contributed by atoms with Crippen LogP contribution in [0.15, 0.2) is 41.1 Å². The largest absolute Gasteiger partial charge is 0.309 e. The average molecular weight is 424 g/mol. The van der Waals surface area contributed by atoms with Crippen LogP contribution in [-0.2, 0) is 22.4 Å². The van der Waals surface area contributed by atoms with Gasteiger partial charge in [0.1, 0.15) is 0 Å². The molecule has 2 amide bonds. The number of amides is 2. The van der Waals surface area contributed by atoms with E-state index in [9.17, 15) is 9.59 Å². The second-order valence-electron chi connectivity index (χ2n) is 7.72. The minimum absolute atomic E-state index is 0.0506. The second kappa shape index (κ2) is 7.39. The number of benzene rings is 1. The predicted octanol–water partition coefficient (Wildman–Crippen LogP) is 4.74. The van der Waals surface area contributed by atoms with Gasteiger partial charge >= 0.3 is 0 Å². The van der Waals surface area contributed by atoms with Crippen LogP contribution in [0, 0.1) is 5.92 Å². The quantitative estimate of drug-likeness (QED) is 0.645. The molecule has 1 saturated carbocycles. The van der Waals surface area contributed by atoms with Gasteiger partial charge in [-0.25, -0.2) is 4.98 Å². The molecule has 2 aromatic heterocycles. The fraction of sp³-hybridized carbons (Fsp3) is 0.318. The molecule has 0 bridgehead atoms. The molecule has 0 saturated heterocycles. The molecule has 29 heavy (non-hydrogen) atoms. The van der Waals surface area contributed by atoms with E-state index in [4.69, 9.17) is 0 Å². The van der Waals surface area contributed by atoms with Gasteiger partial charge in [0.15, 0.2) is 5.13 Å². The van der Waals surface area contributed by atoms with E-state index in [1.54, 1.807) is 11.3 Å². The lowest BCUT2D eigenvalue weighted by atomic mass is 10.1. The predicted molar refractivity (Wildman–Crippen MR) is 118 cm³/mol. The number of fused-ring (bicyclic) bond motifs is 1. The summed E-state index contributed by atoms with van der Waals surface area (Å²) in [6.45, 7) is 2.12. The number of anilines is 2. The molecule has 148 valence electrons. The molecular formula is C22H21N3O2S2. The summed E-state index contributed by atoms with van der Waals surface area (Å²) in [4.78, 5) is 32.4. The van der Waals surface area contributed by atoms with E-state index in [0.717, 1.165) is 41.1 Å². The zero-order chi connectivity index (χ0) is 20.0. The Labute approximate surface area is 177 Å². The topological polar surface area (TPSA) is 62.3 Å². The van der Waals surface area contributed by atoms with Crippen molar-refractivity contribution in [2.75, 3.05) is 10.2 Å². The highest BCUT2D eigenvalue weighted by atomic mass is 32.1. The molecule has 3 aromatic rings. The van der Waals surface area contributed by atoms with Gasteiger partial charge in [0.05, 0.1) is 12.1 Å². The Morgan fingerprint density at radius 3 is 2.86 bits per heavy atom. The van der Waals surface area contributed by atoms with Crippen LogP contribution < -0.4 is 10.2 Å². The molecule has 7 heteroatoms. The molecule has 1 unspecified atom stereocenters. The van der Waals surface area contributed by atoms with Crippen LogP contribution in [0.2, 0.25) is 0 Å². The first kappa shape index (κ1) is 18.5. The minimum atomic E-state index is -0.0506. The van der Waals surface area contributed by atoms with E-state index in [1.807, 2.05) is 39.9 Å². The molecular weight excluding hydrogens is 402 g/mol. The van der Waals surface area contributed by atoms with Crippen molar-refractivity contribution in [2.24, 2.45) is 5.92 Å². The number of nitrogens with one attached hydrogen (secondary N) is 1. The molecule has 3 heterocycles. The maximum atomic E-state index is 12.6. The number of thiophene rings is 1. The van der Waals surface area contributed by atoms with Gasteiger partial charge < -0.3 is 10.2 Å². The molecule has 5 rings (SSSR count). The Balaban J connectivity index is 1.32. The van der Waals surface area contributed by atoms with Gasteiger partial charge in [0, 0.05) is 33.5 Å². The van der Waals surface area contributed by atoms with Crippen molar-refractivity contribution >= 4 is 45.3 Å². The summed E-state index contributed by atoms with van der Waals surface area (Å²) in [7, 11) is 0. The van der Waals surface area contributed by atoms with Crippen LogP contribution in [0.5, 0.6) is 0 Å². The molecule has 0 spiro atoms. The molecule has 5 nitrogen and oxygen atoms in total. The second-order valence-corrected chi connectivity index (χ2v) is 9.61. The Hall–Kier alpha value is -2.51.